The zero-order chi connectivity index (χ0) is 17.8. The fourth-order valence-corrected chi connectivity index (χ4v) is 3.33. The van der Waals surface area contributed by atoms with Crippen LogP contribution in [0.2, 0.25) is 0 Å². The molecule has 2 aromatic rings. The van der Waals surface area contributed by atoms with Crippen molar-refractivity contribution in [3.63, 3.8) is 0 Å². The second-order valence-electron chi connectivity index (χ2n) is 6.12. The Hall–Kier alpha value is -2.89. The number of benzene rings is 2. The maximum absolute atomic E-state index is 12.6. The molecule has 1 amide bonds. The minimum atomic E-state index is -0.481. The van der Waals surface area contributed by atoms with Gasteiger partial charge >= 0.3 is 0 Å². The van der Waals surface area contributed by atoms with E-state index in [0.717, 1.165) is 18.6 Å². The Morgan fingerprint density at radius 2 is 1.88 bits per heavy atom. The molecular formula is C19H20N2O4. The molecule has 0 spiro atoms. The van der Waals surface area contributed by atoms with E-state index < -0.39 is 4.92 Å². The van der Waals surface area contributed by atoms with Gasteiger partial charge in [-0.05, 0) is 36.5 Å². The molecule has 1 aliphatic heterocycles. The van der Waals surface area contributed by atoms with E-state index >= 15 is 0 Å². The van der Waals surface area contributed by atoms with Crippen LogP contribution in [-0.2, 0) is 0 Å². The van der Waals surface area contributed by atoms with Crippen LogP contribution in [0, 0.1) is 10.1 Å². The van der Waals surface area contributed by atoms with Crippen molar-refractivity contribution in [2.45, 2.75) is 18.8 Å². The molecule has 2 aromatic carbocycles. The fourth-order valence-electron chi connectivity index (χ4n) is 3.33. The second-order valence-corrected chi connectivity index (χ2v) is 6.12. The number of methoxy groups -OCH3 is 1. The van der Waals surface area contributed by atoms with Crippen molar-refractivity contribution < 1.29 is 14.5 Å². The van der Waals surface area contributed by atoms with E-state index in [0.29, 0.717) is 24.6 Å². The first-order chi connectivity index (χ1) is 12.1. The van der Waals surface area contributed by atoms with Crippen molar-refractivity contribution in [1.82, 2.24) is 4.90 Å². The van der Waals surface area contributed by atoms with Crippen molar-refractivity contribution in [2.24, 2.45) is 0 Å². The third-order valence-electron chi connectivity index (χ3n) is 4.66. The molecule has 25 heavy (non-hydrogen) atoms. The van der Waals surface area contributed by atoms with E-state index in [4.69, 9.17) is 4.74 Å². The van der Waals surface area contributed by atoms with Crippen LogP contribution in [0.4, 0.5) is 5.69 Å². The number of nitrogens with zero attached hydrogens (tertiary/aromatic N) is 2. The lowest BCUT2D eigenvalue weighted by Crippen LogP contribution is -2.38. The van der Waals surface area contributed by atoms with Gasteiger partial charge in [-0.1, -0.05) is 24.3 Å². The summed E-state index contributed by atoms with van der Waals surface area (Å²) < 4.78 is 5.43. The van der Waals surface area contributed by atoms with Crippen LogP contribution in [0.15, 0.2) is 48.5 Å². The number of ether oxygens (including phenoxy) is 1. The van der Waals surface area contributed by atoms with Gasteiger partial charge in [-0.3, -0.25) is 14.9 Å². The third kappa shape index (κ3) is 3.63. The molecular weight excluding hydrogens is 320 g/mol. The number of rotatable bonds is 4. The first-order valence-electron chi connectivity index (χ1n) is 8.27. The lowest BCUT2D eigenvalue weighted by atomic mass is 9.88. The summed E-state index contributed by atoms with van der Waals surface area (Å²) in [5, 5.41) is 10.9. The SMILES string of the molecule is COc1ccccc1C1CCN(C(=O)c2cccc([N+](=O)[O-])c2)CC1. The Kier molecular flexibility index (Phi) is 4.97. The molecule has 0 atom stereocenters. The monoisotopic (exact) mass is 340 g/mol. The molecule has 6 nitrogen and oxygen atoms in total. The van der Waals surface area contributed by atoms with Gasteiger partial charge in [0.1, 0.15) is 5.75 Å². The molecule has 0 saturated carbocycles. The number of carbonyl (C=O) groups excluding carboxylic acids is 1. The summed E-state index contributed by atoms with van der Waals surface area (Å²) >= 11 is 0. The second kappa shape index (κ2) is 7.34. The number of carbonyl (C=O) groups is 1. The quantitative estimate of drug-likeness (QED) is 0.629. The summed E-state index contributed by atoms with van der Waals surface area (Å²) in [5.41, 5.74) is 1.48. The predicted octanol–water partition coefficient (Wildman–Crippen LogP) is 3.62. The Morgan fingerprint density at radius 3 is 2.56 bits per heavy atom. The number of nitro benzene ring substituents is 1. The van der Waals surface area contributed by atoms with Crippen molar-refractivity contribution in [3.05, 3.63) is 69.8 Å². The van der Waals surface area contributed by atoms with Gasteiger partial charge in [0.2, 0.25) is 0 Å². The summed E-state index contributed by atoms with van der Waals surface area (Å²) in [6, 6.07) is 13.9. The molecule has 0 unspecified atom stereocenters. The summed E-state index contributed by atoms with van der Waals surface area (Å²) in [5.74, 6) is 1.08. The number of amides is 1. The molecule has 1 saturated heterocycles. The maximum Gasteiger partial charge on any atom is 0.270 e. The highest BCUT2D eigenvalue weighted by Gasteiger charge is 2.26. The van der Waals surface area contributed by atoms with Crippen LogP contribution in [0.25, 0.3) is 0 Å². The highest BCUT2D eigenvalue weighted by atomic mass is 16.6. The molecule has 1 heterocycles. The van der Waals surface area contributed by atoms with Gasteiger partial charge in [-0.2, -0.15) is 0 Å². The zero-order valence-corrected chi connectivity index (χ0v) is 14.1. The van der Waals surface area contributed by atoms with Crippen molar-refractivity contribution >= 4 is 11.6 Å². The molecule has 0 bridgehead atoms. The maximum atomic E-state index is 12.6. The van der Waals surface area contributed by atoms with Gasteiger partial charge in [0, 0.05) is 30.8 Å². The third-order valence-corrected chi connectivity index (χ3v) is 4.66. The van der Waals surface area contributed by atoms with Crippen LogP contribution < -0.4 is 4.74 Å². The minimum Gasteiger partial charge on any atom is -0.496 e. The average Bonchev–Trinajstić information content (AvgIpc) is 2.67. The molecule has 0 radical (unpaired) electrons. The van der Waals surface area contributed by atoms with Crippen LogP contribution in [0.5, 0.6) is 5.75 Å². The standard InChI is InChI=1S/C19H20N2O4/c1-25-18-8-3-2-7-17(18)14-9-11-20(12-10-14)19(22)15-5-4-6-16(13-15)21(23)24/h2-8,13-14H,9-12H2,1H3. The molecule has 3 rings (SSSR count). The number of para-hydroxylation sites is 1. The molecule has 130 valence electrons. The first kappa shape index (κ1) is 17.0. The summed E-state index contributed by atoms with van der Waals surface area (Å²) in [7, 11) is 1.67. The number of nitro groups is 1. The number of piperidine rings is 1. The lowest BCUT2D eigenvalue weighted by Gasteiger charge is -2.32. The van der Waals surface area contributed by atoms with Crippen LogP contribution in [0.3, 0.4) is 0 Å². The Morgan fingerprint density at radius 1 is 1.16 bits per heavy atom. The Bertz CT molecular complexity index is 782. The normalized spacial score (nSPS) is 15.0. The van der Waals surface area contributed by atoms with Crippen molar-refractivity contribution in [2.75, 3.05) is 20.2 Å². The smallest absolute Gasteiger partial charge is 0.270 e. The van der Waals surface area contributed by atoms with Gasteiger partial charge in [-0.25, -0.2) is 0 Å². The highest BCUT2D eigenvalue weighted by Crippen LogP contribution is 2.34. The molecule has 0 aromatic heterocycles. The molecule has 0 aliphatic carbocycles. The predicted molar refractivity (Wildman–Crippen MR) is 94.0 cm³/mol. The highest BCUT2D eigenvalue weighted by molar-refractivity contribution is 5.94. The van der Waals surface area contributed by atoms with E-state index in [1.54, 1.807) is 24.1 Å². The van der Waals surface area contributed by atoms with Gasteiger partial charge in [0.15, 0.2) is 0 Å². The largest absolute Gasteiger partial charge is 0.496 e. The number of hydrogen-bond donors (Lipinski definition) is 0. The van der Waals surface area contributed by atoms with E-state index in [9.17, 15) is 14.9 Å². The topological polar surface area (TPSA) is 72.7 Å². The molecule has 0 N–H and O–H groups in total. The van der Waals surface area contributed by atoms with Gasteiger partial charge in [0.25, 0.3) is 11.6 Å². The van der Waals surface area contributed by atoms with Gasteiger partial charge in [-0.15, -0.1) is 0 Å². The molecule has 1 fully saturated rings. The summed E-state index contributed by atoms with van der Waals surface area (Å²) in [6.45, 7) is 1.26. The van der Waals surface area contributed by atoms with Gasteiger partial charge < -0.3 is 9.64 Å². The summed E-state index contributed by atoms with van der Waals surface area (Å²) in [4.78, 5) is 24.8. The van der Waals surface area contributed by atoms with Crippen LogP contribution >= 0.6 is 0 Å². The fraction of sp³-hybridized carbons (Fsp3) is 0.316. The van der Waals surface area contributed by atoms with Crippen molar-refractivity contribution in [3.8, 4) is 5.75 Å². The zero-order valence-electron chi connectivity index (χ0n) is 14.1. The number of hydrogen-bond acceptors (Lipinski definition) is 4. The van der Waals surface area contributed by atoms with E-state index in [1.165, 1.54) is 17.7 Å². The average molecular weight is 340 g/mol. The number of likely N-dealkylation sites (tertiary alicyclic amines) is 1. The Balaban J connectivity index is 1.69. The summed E-state index contributed by atoms with van der Waals surface area (Å²) in [6.07, 6.45) is 1.70. The molecule has 1 aliphatic rings. The first-order valence-corrected chi connectivity index (χ1v) is 8.27. The van der Waals surface area contributed by atoms with Crippen molar-refractivity contribution in [1.29, 1.82) is 0 Å². The minimum absolute atomic E-state index is 0.0604. The van der Waals surface area contributed by atoms with E-state index in [1.807, 2.05) is 18.2 Å². The lowest BCUT2D eigenvalue weighted by molar-refractivity contribution is -0.384. The van der Waals surface area contributed by atoms with Crippen LogP contribution in [-0.4, -0.2) is 35.9 Å². The van der Waals surface area contributed by atoms with Crippen LogP contribution in [0.1, 0.15) is 34.7 Å². The Labute approximate surface area is 146 Å². The van der Waals surface area contributed by atoms with Gasteiger partial charge in [0.05, 0.1) is 12.0 Å². The van der Waals surface area contributed by atoms with E-state index in [-0.39, 0.29) is 11.6 Å². The van der Waals surface area contributed by atoms with E-state index in [2.05, 4.69) is 6.07 Å². The molecule has 6 heteroatoms. The number of non-ortho nitro benzene ring substituents is 1.